The SMILES string of the molecule is CC1CCN(S(=O)(=O)c2ccc(C(=O)OCC(=O)Nc3cc(Cl)ccc3Cl)cc2)CC1. The summed E-state index contributed by atoms with van der Waals surface area (Å²) in [6.07, 6.45) is 1.65. The van der Waals surface area contributed by atoms with E-state index in [1.807, 2.05) is 0 Å². The molecule has 31 heavy (non-hydrogen) atoms. The molecular weight excluding hydrogens is 463 g/mol. The molecule has 0 bridgehead atoms. The Balaban J connectivity index is 1.57. The van der Waals surface area contributed by atoms with Crippen LogP contribution in [0.2, 0.25) is 10.0 Å². The molecule has 0 atom stereocenters. The Morgan fingerprint density at radius 2 is 1.74 bits per heavy atom. The summed E-state index contributed by atoms with van der Waals surface area (Å²) < 4.78 is 32.0. The van der Waals surface area contributed by atoms with Crippen molar-refractivity contribution >= 4 is 50.8 Å². The van der Waals surface area contributed by atoms with Crippen LogP contribution in [0.3, 0.4) is 0 Å². The lowest BCUT2D eigenvalue weighted by molar-refractivity contribution is -0.119. The summed E-state index contributed by atoms with van der Waals surface area (Å²) in [7, 11) is -3.60. The number of amides is 1. The first kappa shape index (κ1) is 23.5. The highest BCUT2D eigenvalue weighted by molar-refractivity contribution is 7.89. The van der Waals surface area contributed by atoms with E-state index >= 15 is 0 Å². The summed E-state index contributed by atoms with van der Waals surface area (Å²) in [5.41, 5.74) is 0.441. The van der Waals surface area contributed by atoms with Gasteiger partial charge in [-0.3, -0.25) is 4.79 Å². The topological polar surface area (TPSA) is 92.8 Å². The first-order valence-electron chi connectivity index (χ1n) is 9.69. The van der Waals surface area contributed by atoms with E-state index in [2.05, 4.69) is 12.2 Å². The monoisotopic (exact) mass is 484 g/mol. The number of nitrogens with one attached hydrogen (secondary N) is 1. The lowest BCUT2D eigenvalue weighted by Crippen LogP contribution is -2.37. The molecule has 166 valence electrons. The summed E-state index contributed by atoms with van der Waals surface area (Å²) in [6.45, 7) is 2.54. The minimum Gasteiger partial charge on any atom is -0.452 e. The quantitative estimate of drug-likeness (QED) is 0.619. The fourth-order valence-electron chi connectivity index (χ4n) is 3.13. The number of nitrogens with zero attached hydrogens (tertiary/aromatic N) is 1. The number of carbonyl (C=O) groups is 2. The smallest absolute Gasteiger partial charge is 0.338 e. The maximum atomic E-state index is 12.8. The van der Waals surface area contributed by atoms with E-state index < -0.39 is 28.5 Å². The van der Waals surface area contributed by atoms with E-state index in [4.69, 9.17) is 27.9 Å². The van der Waals surface area contributed by atoms with E-state index in [9.17, 15) is 18.0 Å². The molecule has 0 aromatic heterocycles. The number of piperidine rings is 1. The number of hydrogen-bond acceptors (Lipinski definition) is 5. The molecule has 0 aliphatic carbocycles. The molecule has 7 nitrogen and oxygen atoms in total. The highest BCUT2D eigenvalue weighted by Crippen LogP contribution is 2.26. The van der Waals surface area contributed by atoms with Crippen LogP contribution in [0, 0.1) is 5.92 Å². The van der Waals surface area contributed by atoms with Gasteiger partial charge in [0.1, 0.15) is 0 Å². The average molecular weight is 485 g/mol. The molecular formula is C21H22Cl2N2O5S. The van der Waals surface area contributed by atoms with Gasteiger partial charge in [-0.25, -0.2) is 13.2 Å². The van der Waals surface area contributed by atoms with Gasteiger partial charge in [-0.2, -0.15) is 4.31 Å². The van der Waals surface area contributed by atoms with Crippen LogP contribution in [0.4, 0.5) is 5.69 Å². The molecule has 0 radical (unpaired) electrons. The van der Waals surface area contributed by atoms with Crippen LogP contribution >= 0.6 is 23.2 Å². The van der Waals surface area contributed by atoms with Gasteiger partial charge in [-0.1, -0.05) is 30.1 Å². The molecule has 1 N–H and O–H groups in total. The summed E-state index contributed by atoms with van der Waals surface area (Å²) in [5.74, 6) is -0.824. The van der Waals surface area contributed by atoms with E-state index in [-0.39, 0.29) is 10.5 Å². The number of ether oxygens (including phenoxy) is 1. The van der Waals surface area contributed by atoms with Gasteiger partial charge in [-0.05, 0) is 61.2 Å². The number of esters is 1. The second-order valence-corrected chi connectivity index (χ2v) is 10.1. The fourth-order valence-corrected chi connectivity index (χ4v) is 4.94. The van der Waals surface area contributed by atoms with Gasteiger partial charge in [0.05, 0.1) is 21.2 Å². The van der Waals surface area contributed by atoms with Crippen molar-refractivity contribution in [2.24, 2.45) is 5.92 Å². The molecule has 2 aromatic carbocycles. The standard InChI is InChI=1S/C21H22Cl2N2O5S/c1-14-8-10-25(11-9-14)31(28,29)17-5-2-15(3-6-17)21(27)30-13-20(26)24-19-12-16(22)4-7-18(19)23/h2-7,12,14H,8-11,13H2,1H3,(H,24,26). The number of anilines is 1. The van der Waals surface area contributed by atoms with Gasteiger partial charge >= 0.3 is 5.97 Å². The largest absolute Gasteiger partial charge is 0.452 e. The van der Waals surface area contributed by atoms with Gasteiger partial charge in [-0.15, -0.1) is 0 Å². The van der Waals surface area contributed by atoms with Gasteiger partial charge in [0.25, 0.3) is 5.91 Å². The zero-order valence-corrected chi connectivity index (χ0v) is 19.1. The van der Waals surface area contributed by atoms with Crippen molar-refractivity contribution in [3.05, 3.63) is 58.1 Å². The highest BCUT2D eigenvalue weighted by Gasteiger charge is 2.28. The Morgan fingerprint density at radius 1 is 1.10 bits per heavy atom. The molecule has 0 saturated carbocycles. The van der Waals surface area contributed by atoms with Crippen LogP contribution in [-0.4, -0.2) is 44.3 Å². The molecule has 0 unspecified atom stereocenters. The van der Waals surface area contributed by atoms with E-state index in [1.54, 1.807) is 6.07 Å². The lowest BCUT2D eigenvalue weighted by atomic mass is 10.0. The van der Waals surface area contributed by atoms with Crippen LogP contribution in [0.1, 0.15) is 30.1 Å². The van der Waals surface area contributed by atoms with Crippen molar-refractivity contribution in [3.63, 3.8) is 0 Å². The Hall–Kier alpha value is -2.13. The Bertz CT molecular complexity index is 1070. The molecule has 0 spiro atoms. The van der Waals surface area contributed by atoms with Crippen molar-refractivity contribution in [2.75, 3.05) is 25.0 Å². The lowest BCUT2D eigenvalue weighted by Gasteiger charge is -2.29. The molecule has 2 aromatic rings. The Labute approximate surface area is 191 Å². The zero-order valence-electron chi connectivity index (χ0n) is 16.8. The average Bonchev–Trinajstić information content (AvgIpc) is 2.75. The minimum atomic E-state index is -3.60. The third-order valence-corrected chi connectivity index (χ3v) is 7.48. The Morgan fingerprint density at radius 3 is 2.39 bits per heavy atom. The number of benzene rings is 2. The van der Waals surface area contributed by atoms with Gasteiger partial charge in [0, 0.05) is 18.1 Å². The van der Waals surface area contributed by atoms with Gasteiger partial charge in [0.2, 0.25) is 10.0 Å². The van der Waals surface area contributed by atoms with Crippen LogP contribution in [-0.2, 0) is 19.6 Å². The summed E-state index contributed by atoms with van der Waals surface area (Å²) in [4.78, 5) is 24.4. The molecule has 1 fully saturated rings. The second-order valence-electron chi connectivity index (χ2n) is 7.36. The predicted molar refractivity (Wildman–Crippen MR) is 119 cm³/mol. The second kappa shape index (κ2) is 9.99. The molecule has 10 heteroatoms. The van der Waals surface area contributed by atoms with E-state index in [0.29, 0.717) is 34.7 Å². The molecule has 1 heterocycles. The van der Waals surface area contributed by atoms with Gasteiger partial charge in [0.15, 0.2) is 6.61 Å². The van der Waals surface area contributed by atoms with E-state index in [1.165, 1.54) is 40.7 Å². The maximum Gasteiger partial charge on any atom is 0.338 e. The van der Waals surface area contributed by atoms with Gasteiger partial charge < -0.3 is 10.1 Å². The highest BCUT2D eigenvalue weighted by atomic mass is 35.5. The third-order valence-electron chi connectivity index (χ3n) is 5.01. The van der Waals surface area contributed by atoms with Crippen molar-refractivity contribution in [2.45, 2.75) is 24.7 Å². The first-order valence-corrected chi connectivity index (χ1v) is 11.9. The first-order chi connectivity index (χ1) is 14.7. The molecule has 3 rings (SSSR count). The normalized spacial score (nSPS) is 15.5. The van der Waals surface area contributed by atoms with Crippen molar-refractivity contribution in [1.29, 1.82) is 0 Å². The number of hydrogen-bond donors (Lipinski definition) is 1. The molecule has 1 saturated heterocycles. The third kappa shape index (κ3) is 5.98. The summed E-state index contributed by atoms with van der Waals surface area (Å²) in [6, 6.07) is 10.1. The number of halogens is 2. The zero-order chi connectivity index (χ0) is 22.6. The molecule has 1 aliphatic heterocycles. The van der Waals surface area contributed by atoms with Crippen LogP contribution in [0.25, 0.3) is 0 Å². The molecule has 1 amide bonds. The summed E-state index contributed by atoms with van der Waals surface area (Å²) in [5, 5.41) is 3.20. The Kier molecular flexibility index (Phi) is 7.59. The van der Waals surface area contributed by atoms with Crippen LogP contribution in [0.15, 0.2) is 47.4 Å². The minimum absolute atomic E-state index is 0.118. The van der Waals surface area contributed by atoms with Crippen molar-refractivity contribution in [3.8, 4) is 0 Å². The summed E-state index contributed by atoms with van der Waals surface area (Å²) >= 11 is 11.8. The van der Waals surface area contributed by atoms with Crippen LogP contribution < -0.4 is 5.32 Å². The predicted octanol–water partition coefficient (Wildman–Crippen LogP) is 4.21. The maximum absolute atomic E-state index is 12.8. The van der Waals surface area contributed by atoms with Crippen molar-refractivity contribution in [1.82, 2.24) is 4.31 Å². The molecule has 1 aliphatic rings. The van der Waals surface area contributed by atoms with Crippen LogP contribution in [0.5, 0.6) is 0 Å². The van der Waals surface area contributed by atoms with E-state index in [0.717, 1.165) is 12.8 Å². The number of carbonyl (C=O) groups excluding carboxylic acids is 2. The van der Waals surface area contributed by atoms with Crippen molar-refractivity contribution < 1.29 is 22.7 Å². The number of sulfonamides is 1. The number of rotatable bonds is 6. The fraction of sp³-hybridized carbons (Fsp3) is 0.333.